The van der Waals surface area contributed by atoms with Gasteiger partial charge in [0.15, 0.2) is 0 Å². The molecule has 4 nitrogen and oxygen atoms in total. The van der Waals surface area contributed by atoms with Gasteiger partial charge in [-0.3, -0.25) is 0 Å². The molecule has 5 heteroatoms. The summed E-state index contributed by atoms with van der Waals surface area (Å²) in [6, 6.07) is 0. The lowest BCUT2D eigenvalue weighted by molar-refractivity contribution is -0.00798. The molecule has 0 bridgehead atoms. The third-order valence-electron chi connectivity index (χ3n) is 3.11. The van der Waals surface area contributed by atoms with E-state index in [4.69, 9.17) is 18.7 Å². The van der Waals surface area contributed by atoms with Gasteiger partial charge in [-0.1, -0.05) is 0 Å². The van der Waals surface area contributed by atoms with E-state index in [9.17, 15) is 0 Å². The minimum atomic E-state index is -0.508. The number of methoxy groups -OCH3 is 1. The van der Waals surface area contributed by atoms with Gasteiger partial charge in [0.1, 0.15) is 0 Å². The standard InChI is InChI=1S/C9H17BO4/c1-6(11-4)7(2)12-10-13-8-5-9(8,3)14-10/h6-8H,5H2,1-4H3. The number of ether oxygens (including phenoxy) is 1. The Morgan fingerprint density at radius 2 is 2.14 bits per heavy atom. The Labute approximate surface area is 85.0 Å². The highest BCUT2D eigenvalue weighted by Crippen LogP contribution is 2.48. The lowest BCUT2D eigenvalue weighted by Gasteiger charge is -2.21. The van der Waals surface area contributed by atoms with Gasteiger partial charge in [-0.2, -0.15) is 0 Å². The van der Waals surface area contributed by atoms with Gasteiger partial charge in [0, 0.05) is 13.5 Å². The maximum absolute atomic E-state index is 5.59. The third kappa shape index (κ3) is 1.82. The van der Waals surface area contributed by atoms with Crippen molar-refractivity contribution < 1.29 is 18.7 Å². The Kier molecular flexibility index (Phi) is 2.60. The molecule has 0 N–H and O–H groups in total. The summed E-state index contributed by atoms with van der Waals surface area (Å²) in [5.74, 6) is 0. The molecule has 1 saturated carbocycles. The minimum absolute atomic E-state index is 0.0221. The molecule has 0 aromatic carbocycles. The molecule has 2 fully saturated rings. The van der Waals surface area contributed by atoms with Crippen LogP contribution in [0.2, 0.25) is 0 Å². The molecule has 80 valence electrons. The molecule has 2 rings (SSSR count). The van der Waals surface area contributed by atoms with Gasteiger partial charge in [0.25, 0.3) is 0 Å². The third-order valence-corrected chi connectivity index (χ3v) is 3.11. The summed E-state index contributed by atoms with van der Waals surface area (Å²) in [5.41, 5.74) is -0.0826. The van der Waals surface area contributed by atoms with E-state index in [1.165, 1.54) is 0 Å². The second kappa shape index (κ2) is 3.49. The molecule has 0 aromatic heterocycles. The van der Waals surface area contributed by atoms with Crippen LogP contribution in [-0.4, -0.2) is 38.3 Å². The molecule has 2 aliphatic rings. The second-order valence-corrected chi connectivity index (χ2v) is 4.33. The van der Waals surface area contributed by atoms with E-state index in [1.807, 2.05) is 20.8 Å². The van der Waals surface area contributed by atoms with E-state index in [0.29, 0.717) is 0 Å². The fourth-order valence-corrected chi connectivity index (χ4v) is 1.54. The smallest absolute Gasteiger partial charge is 0.381 e. The monoisotopic (exact) mass is 200 g/mol. The zero-order valence-corrected chi connectivity index (χ0v) is 9.15. The van der Waals surface area contributed by atoms with E-state index in [-0.39, 0.29) is 23.9 Å². The van der Waals surface area contributed by atoms with Crippen molar-refractivity contribution in [2.75, 3.05) is 7.11 Å². The number of fused-ring (bicyclic) bond motifs is 1. The van der Waals surface area contributed by atoms with E-state index < -0.39 is 7.32 Å². The average Bonchev–Trinajstić information content (AvgIpc) is 2.64. The highest BCUT2D eigenvalue weighted by molar-refractivity contribution is 6.37. The van der Waals surface area contributed by atoms with Crippen molar-refractivity contribution in [1.29, 1.82) is 0 Å². The van der Waals surface area contributed by atoms with Crippen LogP contribution < -0.4 is 0 Å². The summed E-state index contributed by atoms with van der Waals surface area (Å²) in [6.45, 7) is 5.96. The molecule has 1 aliphatic heterocycles. The summed E-state index contributed by atoms with van der Waals surface area (Å²) in [6.07, 6.45) is 1.25. The highest BCUT2D eigenvalue weighted by atomic mass is 16.8. The molecule has 1 saturated heterocycles. The highest BCUT2D eigenvalue weighted by Gasteiger charge is 2.63. The minimum Gasteiger partial charge on any atom is -0.381 e. The molecule has 1 aliphatic carbocycles. The zero-order valence-electron chi connectivity index (χ0n) is 9.15. The van der Waals surface area contributed by atoms with Crippen LogP contribution in [0.4, 0.5) is 0 Å². The lowest BCUT2D eigenvalue weighted by atomic mass is 10.1. The van der Waals surface area contributed by atoms with Gasteiger partial charge in [0.2, 0.25) is 0 Å². The number of rotatable bonds is 4. The van der Waals surface area contributed by atoms with E-state index >= 15 is 0 Å². The molecule has 4 unspecified atom stereocenters. The number of hydrogen-bond acceptors (Lipinski definition) is 4. The van der Waals surface area contributed by atoms with Crippen molar-refractivity contribution in [3.8, 4) is 0 Å². The van der Waals surface area contributed by atoms with Gasteiger partial charge in [-0.15, -0.1) is 0 Å². The van der Waals surface area contributed by atoms with Crippen molar-refractivity contribution in [2.24, 2.45) is 0 Å². The molecule has 1 heterocycles. The first-order valence-corrected chi connectivity index (χ1v) is 5.07. The van der Waals surface area contributed by atoms with Gasteiger partial charge < -0.3 is 18.7 Å². The molecule has 0 spiro atoms. The van der Waals surface area contributed by atoms with Crippen LogP contribution in [0, 0.1) is 0 Å². The van der Waals surface area contributed by atoms with Crippen LogP contribution in [-0.2, 0) is 18.7 Å². The van der Waals surface area contributed by atoms with Gasteiger partial charge in [-0.25, -0.2) is 0 Å². The molecular weight excluding hydrogens is 183 g/mol. The van der Waals surface area contributed by atoms with Crippen molar-refractivity contribution in [2.45, 2.75) is 51.1 Å². The average molecular weight is 200 g/mol. The zero-order chi connectivity index (χ0) is 10.3. The predicted octanol–water partition coefficient (Wildman–Crippen LogP) is 0.989. The molecule has 14 heavy (non-hydrogen) atoms. The van der Waals surface area contributed by atoms with Gasteiger partial charge in [0.05, 0.1) is 23.9 Å². The first-order valence-electron chi connectivity index (χ1n) is 5.07. The van der Waals surface area contributed by atoms with Crippen molar-refractivity contribution in [1.82, 2.24) is 0 Å². The Morgan fingerprint density at radius 3 is 2.64 bits per heavy atom. The largest absolute Gasteiger partial charge is 0.640 e. The summed E-state index contributed by atoms with van der Waals surface area (Å²) >= 11 is 0. The maximum atomic E-state index is 5.59. The number of hydrogen-bond donors (Lipinski definition) is 0. The summed E-state index contributed by atoms with van der Waals surface area (Å²) < 4.78 is 21.8. The topological polar surface area (TPSA) is 36.9 Å². The summed E-state index contributed by atoms with van der Waals surface area (Å²) in [4.78, 5) is 0. The van der Waals surface area contributed by atoms with Crippen LogP contribution in [0.25, 0.3) is 0 Å². The summed E-state index contributed by atoms with van der Waals surface area (Å²) in [5, 5.41) is 0. The first-order chi connectivity index (χ1) is 6.55. The molecular formula is C9H17BO4. The normalized spacial score (nSPS) is 39.4. The Bertz CT molecular complexity index is 225. The van der Waals surface area contributed by atoms with E-state index in [0.717, 1.165) is 6.42 Å². The van der Waals surface area contributed by atoms with Crippen molar-refractivity contribution in [3.05, 3.63) is 0 Å². The quantitative estimate of drug-likeness (QED) is 0.634. The fourth-order valence-electron chi connectivity index (χ4n) is 1.54. The Morgan fingerprint density at radius 1 is 1.43 bits per heavy atom. The van der Waals surface area contributed by atoms with Crippen LogP contribution in [0.3, 0.4) is 0 Å². The molecule has 4 atom stereocenters. The molecule has 0 radical (unpaired) electrons. The van der Waals surface area contributed by atoms with Crippen molar-refractivity contribution in [3.63, 3.8) is 0 Å². The SMILES string of the molecule is COC(C)C(C)OB1OC2CC2(C)O1. The molecule has 0 amide bonds. The van der Waals surface area contributed by atoms with Crippen molar-refractivity contribution >= 4 is 7.32 Å². The van der Waals surface area contributed by atoms with Gasteiger partial charge >= 0.3 is 7.32 Å². The van der Waals surface area contributed by atoms with Crippen LogP contribution in [0.5, 0.6) is 0 Å². The second-order valence-electron chi connectivity index (χ2n) is 4.33. The van der Waals surface area contributed by atoms with Gasteiger partial charge in [-0.05, 0) is 20.8 Å². The predicted molar refractivity (Wildman–Crippen MR) is 51.8 cm³/mol. The van der Waals surface area contributed by atoms with Crippen LogP contribution >= 0.6 is 0 Å². The van der Waals surface area contributed by atoms with Crippen LogP contribution in [0.15, 0.2) is 0 Å². The van der Waals surface area contributed by atoms with E-state index in [1.54, 1.807) is 7.11 Å². The fraction of sp³-hybridized carbons (Fsp3) is 1.00. The Hall–Kier alpha value is -0.0951. The lowest BCUT2D eigenvalue weighted by Crippen LogP contribution is -2.35. The molecule has 0 aromatic rings. The van der Waals surface area contributed by atoms with E-state index in [2.05, 4.69) is 0 Å². The first kappa shape index (κ1) is 10.4. The maximum Gasteiger partial charge on any atom is 0.640 e. The Balaban J connectivity index is 1.77. The summed E-state index contributed by atoms with van der Waals surface area (Å²) in [7, 11) is 1.16. The van der Waals surface area contributed by atoms with Crippen LogP contribution in [0.1, 0.15) is 27.2 Å².